The summed E-state index contributed by atoms with van der Waals surface area (Å²) in [5.74, 6) is 2.06. The molecule has 0 fully saturated rings. The summed E-state index contributed by atoms with van der Waals surface area (Å²) in [6, 6.07) is 14.1. The van der Waals surface area contributed by atoms with Crippen LogP contribution in [0, 0.1) is 5.92 Å². The van der Waals surface area contributed by atoms with Gasteiger partial charge in [0.2, 0.25) is 0 Å². The van der Waals surface area contributed by atoms with Crippen molar-refractivity contribution >= 4 is 16.9 Å². The van der Waals surface area contributed by atoms with E-state index in [0.717, 1.165) is 40.7 Å². The minimum Gasteiger partial charge on any atom is -0.489 e. The summed E-state index contributed by atoms with van der Waals surface area (Å²) < 4.78 is 17.3. The van der Waals surface area contributed by atoms with Gasteiger partial charge < -0.3 is 13.9 Å². The second kappa shape index (κ2) is 12.2. The summed E-state index contributed by atoms with van der Waals surface area (Å²) in [7, 11) is 0. The van der Waals surface area contributed by atoms with E-state index in [-0.39, 0.29) is 12.4 Å². The summed E-state index contributed by atoms with van der Waals surface area (Å²) >= 11 is 0. The highest BCUT2D eigenvalue weighted by Gasteiger charge is 2.13. The number of hydrogen-bond donors (Lipinski definition) is 0. The Balaban J connectivity index is 0.00000166. The van der Waals surface area contributed by atoms with Crippen LogP contribution in [0.3, 0.4) is 0 Å². The second-order valence-electron chi connectivity index (χ2n) is 7.72. The molecule has 0 aliphatic carbocycles. The Labute approximate surface area is 186 Å². The Morgan fingerprint density at radius 2 is 1.77 bits per heavy atom. The Morgan fingerprint density at radius 3 is 2.45 bits per heavy atom. The van der Waals surface area contributed by atoms with Crippen LogP contribution in [0.15, 0.2) is 46.9 Å². The fourth-order valence-electron chi connectivity index (χ4n) is 3.52. The van der Waals surface area contributed by atoms with Gasteiger partial charge in [-0.3, -0.25) is 4.79 Å². The second-order valence-corrected chi connectivity index (χ2v) is 7.72. The number of furan rings is 1. The van der Waals surface area contributed by atoms with Crippen LogP contribution in [0.1, 0.15) is 64.0 Å². The summed E-state index contributed by atoms with van der Waals surface area (Å²) in [6.45, 7) is 13.2. The number of aryl methyl sites for hydroxylation is 1. The molecule has 0 aliphatic heterocycles. The molecule has 0 atom stereocenters. The first-order chi connectivity index (χ1) is 15.0. The summed E-state index contributed by atoms with van der Waals surface area (Å²) in [5.41, 5.74) is 4.10. The molecule has 0 aliphatic rings. The van der Waals surface area contributed by atoms with Crippen LogP contribution < -0.4 is 4.74 Å². The number of ether oxygens (including phenoxy) is 2. The Hall–Kier alpha value is -2.75. The molecule has 31 heavy (non-hydrogen) atoms. The van der Waals surface area contributed by atoms with Gasteiger partial charge in [0.1, 0.15) is 23.7 Å². The number of fused-ring (bicyclic) bond motifs is 1. The maximum absolute atomic E-state index is 11.9. The van der Waals surface area contributed by atoms with E-state index >= 15 is 0 Å². The molecule has 3 aromatic rings. The SMILES string of the molecule is CC.CCOC(=O)Cc1ccccc1OCc1cc(CC)c2oc(CC(C)C)cc2c1. The molecule has 0 saturated carbocycles. The number of benzene rings is 2. The van der Waals surface area contributed by atoms with Gasteiger partial charge in [-0.15, -0.1) is 0 Å². The standard InChI is InChI=1S/C25H30O4.C2H6/c1-5-19-12-18(13-21-14-22(11-17(3)4)29-25(19)21)16-28-23-10-8-7-9-20(23)15-24(26)27-6-2;1-2/h7-10,12-14,17H,5-6,11,15-16H2,1-4H3;1-2H3. The van der Waals surface area contributed by atoms with Gasteiger partial charge in [-0.25, -0.2) is 0 Å². The first-order valence-electron chi connectivity index (χ1n) is 11.4. The Bertz CT molecular complexity index is 969. The maximum Gasteiger partial charge on any atom is 0.310 e. The zero-order valence-corrected chi connectivity index (χ0v) is 19.8. The molecule has 168 valence electrons. The predicted octanol–water partition coefficient (Wildman–Crippen LogP) is 6.90. The third-order valence-corrected chi connectivity index (χ3v) is 4.80. The minimum absolute atomic E-state index is 0.212. The molecule has 4 heteroatoms. The summed E-state index contributed by atoms with van der Waals surface area (Å²) in [4.78, 5) is 11.9. The third kappa shape index (κ3) is 6.88. The van der Waals surface area contributed by atoms with E-state index in [9.17, 15) is 4.79 Å². The zero-order chi connectivity index (χ0) is 22.8. The Morgan fingerprint density at radius 1 is 1.03 bits per heavy atom. The molecule has 1 aromatic heterocycles. The minimum atomic E-state index is -0.241. The molecular formula is C27H36O4. The molecule has 0 radical (unpaired) electrons. The molecule has 4 nitrogen and oxygen atoms in total. The van der Waals surface area contributed by atoms with Crippen molar-refractivity contribution in [3.63, 3.8) is 0 Å². The van der Waals surface area contributed by atoms with Crippen molar-refractivity contribution in [2.75, 3.05) is 6.61 Å². The van der Waals surface area contributed by atoms with E-state index in [4.69, 9.17) is 13.9 Å². The highest BCUT2D eigenvalue weighted by atomic mass is 16.5. The van der Waals surface area contributed by atoms with Gasteiger partial charge in [-0.2, -0.15) is 0 Å². The molecule has 0 bridgehead atoms. The van der Waals surface area contributed by atoms with Crippen molar-refractivity contribution in [2.24, 2.45) is 5.92 Å². The number of esters is 1. The molecule has 2 aromatic carbocycles. The van der Waals surface area contributed by atoms with Crippen LogP contribution in [0.2, 0.25) is 0 Å². The first-order valence-corrected chi connectivity index (χ1v) is 11.4. The number of para-hydroxylation sites is 1. The molecule has 0 N–H and O–H groups in total. The molecular weight excluding hydrogens is 388 g/mol. The smallest absolute Gasteiger partial charge is 0.310 e. The fourth-order valence-corrected chi connectivity index (χ4v) is 3.52. The van der Waals surface area contributed by atoms with E-state index in [1.54, 1.807) is 0 Å². The predicted molar refractivity (Wildman–Crippen MR) is 127 cm³/mol. The summed E-state index contributed by atoms with van der Waals surface area (Å²) in [6.07, 6.45) is 2.05. The lowest BCUT2D eigenvalue weighted by Gasteiger charge is -2.12. The van der Waals surface area contributed by atoms with Gasteiger partial charge in [0.05, 0.1) is 13.0 Å². The average Bonchev–Trinajstić information content (AvgIpc) is 3.15. The molecule has 0 spiro atoms. The van der Waals surface area contributed by atoms with Crippen LogP contribution in [0.4, 0.5) is 0 Å². The fraction of sp³-hybridized carbons (Fsp3) is 0.444. The molecule has 0 saturated heterocycles. The van der Waals surface area contributed by atoms with Gasteiger partial charge >= 0.3 is 5.97 Å². The van der Waals surface area contributed by atoms with E-state index in [1.165, 1.54) is 5.56 Å². The molecule has 0 unspecified atom stereocenters. The highest BCUT2D eigenvalue weighted by Crippen LogP contribution is 2.28. The highest BCUT2D eigenvalue weighted by molar-refractivity contribution is 5.82. The first kappa shape index (κ1) is 24.5. The third-order valence-electron chi connectivity index (χ3n) is 4.80. The van der Waals surface area contributed by atoms with Gasteiger partial charge in [-0.1, -0.05) is 52.8 Å². The molecule has 3 rings (SSSR count). The number of carbonyl (C=O) groups is 1. The van der Waals surface area contributed by atoms with Crippen molar-refractivity contribution in [1.82, 2.24) is 0 Å². The van der Waals surface area contributed by atoms with Crippen molar-refractivity contribution in [3.8, 4) is 5.75 Å². The monoisotopic (exact) mass is 424 g/mol. The zero-order valence-electron chi connectivity index (χ0n) is 19.8. The van der Waals surface area contributed by atoms with Crippen LogP contribution >= 0.6 is 0 Å². The largest absolute Gasteiger partial charge is 0.489 e. The van der Waals surface area contributed by atoms with Gasteiger partial charge in [0, 0.05) is 17.4 Å². The van der Waals surface area contributed by atoms with Crippen LogP contribution in [-0.4, -0.2) is 12.6 Å². The number of hydrogen-bond acceptors (Lipinski definition) is 4. The van der Waals surface area contributed by atoms with Crippen molar-refractivity contribution in [3.05, 3.63) is 64.9 Å². The lowest BCUT2D eigenvalue weighted by atomic mass is 10.0. The lowest BCUT2D eigenvalue weighted by Crippen LogP contribution is -2.09. The number of carbonyl (C=O) groups excluding carboxylic acids is 1. The van der Waals surface area contributed by atoms with Crippen LogP contribution in [-0.2, 0) is 35.4 Å². The van der Waals surface area contributed by atoms with Crippen LogP contribution in [0.5, 0.6) is 5.75 Å². The Kier molecular flexibility index (Phi) is 9.64. The van der Waals surface area contributed by atoms with Crippen molar-refractivity contribution in [1.29, 1.82) is 0 Å². The van der Waals surface area contributed by atoms with E-state index in [2.05, 4.69) is 39.0 Å². The van der Waals surface area contributed by atoms with E-state index in [1.807, 2.05) is 45.0 Å². The van der Waals surface area contributed by atoms with Crippen LogP contribution in [0.25, 0.3) is 11.0 Å². The maximum atomic E-state index is 11.9. The van der Waals surface area contributed by atoms with Crippen molar-refractivity contribution in [2.45, 2.75) is 67.4 Å². The quantitative estimate of drug-likeness (QED) is 0.350. The lowest BCUT2D eigenvalue weighted by molar-refractivity contribution is -0.142. The van der Waals surface area contributed by atoms with E-state index < -0.39 is 0 Å². The van der Waals surface area contributed by atoms with Gasteiger partial charge in [-0.05, 0) is 54.7 Å². The van der Waals surface area contributed by atoms with Crippen molar-refractivity contribution < 1.29 is 18.7 Å². The molecule has 1 heterocycles. The van der Waals surface area contributed by atoms with Gasteiger partial charge in [0.25, 0.3) is 0 Å². The topological polar surface area (TPSA) is 48.7 Å². The van der Waals surface area contributed by atoms with E-state index in [0.29, 0.717) is 24.9 Å². The average molecular weight is 425 g/mol. The number of rotatable bonds is 9. The summed E-state index contributed by atoms with van der Waals surface area (Å²) in [5, 5.41) is 1.12. The molecule has 0 amide bonds. The van der Waals surface area contributed by atoms with Gasteiger partial charge in [0.15, 0.2) is 0 Å². The normalized spacial score (nSPS) is 10.7.